The van der Waals surface area contributed by atoms with Gasteiger partial charge < -0.3 is 37.9 Å². The van der Waals surface area contributed by atoms with Gasteiger partial charge in [-0.2, -0.15) is 0 Å². The highest BCUT2D eigenvalue weighted by atomic mass is 16.6. The highest BCUT2D eigenvalue weighted by Crippen LogP contribution is 2.22. The number of benzene rings is 3. The number of hydrogen-bond acceptors (Lipinski definition) is 13. The van der Waals surface area contributed by atoms with Crippen molar-refractivity contribution >= 4 is 36.1 Å². The third-order valence-corrected chi connectivity index (χ3v) is 7.53. The van der Waals surface area contributed by atoms with Crippen molar-refractivity contribution in [2.75, 3.05) is 39.6 Å². The van der Waals surface area contributed by atoms with Crippen molar-refractivity contribution in [1.82, 2.24) is 0 Å². The Morgan fingerprint density at radius 1 is 0.719 bits per heavy atom. The molecule has 0 amide bonds. The van der Waals surface area contributed by atoms with Crippen LogP contribution in [0.3, 0.4) is 0 Å². The second kappa shape index (κ2) is 23.6. The van der Waals surface area contributed by atoms with E-state index in [1.807, 2.05) is 20.8 Å². The van der Waals surface area contributed by atoms with E-state index in [-0.39, 0.29) is 56.4 Å². The molecule has 0 spiro atoms. The Balaban J connectivity index is 1.50. The number of carbonyl (C=O) groups is 5. The van der Waals surface area contributed by atoms with Crippen LogP contribution in [-0.2, 0) is 44.5 Å². The van der Waals surface area contributed by atoms with Crippen LogP contribution < -0.4 is 19.6 Å². The van der Waals surface area contributed by atoms with E-state index < -0.39 is 36.0 Å². The van der Waals surface area contributed by atoms with Gasteiger partial charge in [0, 0.05) is 25.2 Å². The molecule has 0 saturated heterocycles. The van der Waals surface area contributed by atoms with E-state index in [9.17, 15) is 24.0 Å². The standard InChI is InChI=1S/C43H49NO13/c1-6-38(45)51-23-9-8-22-50-28-36(55-40(47)21-25-52-39(46)7-2)29-54-34-15-11-32(12-16-34)42(49)56-37-19-10-30(26-33(37)27-44)20-24-53-41(48)31-13-17-35(18-14-31)57-43(3,4)5/h6-7,10-19,26-27,36,44H,1-2,8-9,20-25,28-29H2,3-5H3/p+1. The Kier molecular flexibility index (Phi) is 18.7. The summed E-state index contributed by atoms with van der Waals surface area (Å²) >= 11 is 0. The topological polar surface area (TPSA) is 185 Å². The molecule has 0 heterocycles. The van der Waals surface area contributed by atoms with Crippen molar-refractivity contribution in [2.24, 2.45) is 0 Å². The average Bonchev–Trinajstić information content (AvgIpc) is 3.19. The van der Waals surface area contributed by atoms with Crippen molar-refractivity contribution in [1.29, 1.82) is 0 Å². The first-order chi connectivity index (χ1) is 27.3. The molecule has 2 N–H and O–H groups in total. The highest BCUT2D eigenvalue weighted by molar-refractivity contribution is 5.93. The summed E-state index contributed by atoms with van der Waals surface area (Å²) in [6, 6.07) is 18.0. The molecule has 57 heavy (non-hydrogen) atoms. The van der Waals surface area contributed by atoms with E-state index in [1.165, 1.54) is 18.3 Å². The molecule has 0 saturated carbocycles. The Hall–Kier alpha value is -6.28. The summed E-state index contributed by atoms with van der Waals surface area (Å²) in [5.74, 6) is -1.62. The minimum absolute atomic E-state index is 0.00205. The number of hydrogen-bond donors (Lipinski definition) is 1. The van der Waals surface area contributed by atoms with E-state index in [4.69, 9.17) is 43.3 Å². The number of nitrogens with two attached hydrogens (primary N) is 1. The fourth-order valence-electron chi connectivity index (χ4n) is 4.78. The van der Waals surface area contributed by atoms with Crippen LogP contribution in [0.25, 0.3) is 0 Å². The summed E-state index contributed by atoms with van der Waals surface area (Å²) in [5.41, 5.74) is 1.57. The summed E-state index contributed by atoms with van der Waals surface area (Å²) in [5, 5.41) is 5.85. The molecule has 1 atom stereocenters. The molecule has 304 valence electrons. The first-order valence-corrected chi connectivity index (χ1v) is 18.2. The molecule has 3 rings (SSSR count). The molecular weight excluding hydrogens is 738 g/mol. The van der Waals surface area contributed by atoms with Gasteiger partial charge in [0.05, 0.1) is 42.9 Å². The maximum absolute atomic E-state index is 13.0. The zero-order chi connectivity index (χ0) is 41.6. The minimum atomic E-state index is -0.817. The molecule has 14 heteroatoms. The second-order valence-electron chi connectivity index (χ2n) is 13.3. The van der Waals surface area contributed by atoms with Crippen molar-refractivity contribution in [3.8, 4) is 17.2 Å². The summed E-state index contributed by atoms with van der Waals surface area (Å²) in [7, 11) is 0. The van der Waals surface area contributed by atoms with Gasteiger partial charge in [-0.25, -0.2) is 19.2 Å². The quantitative estimate of drug-likeness (QED) is 0.0332. The van der Waals surface area contributed by atoms with E-state index in [0.29, 0.717) is 48.5 Å². The van der Waals surface area contributed by atoms with Crippen molar-refractivity contribution in [3.63, 3.8) is 0 Å². The first kappa shape index (κ1) is 45.1. The number of ether oxygens (including phenoxy) is 8. The average molecular weight is 789 g/mol. The third-order valence-electron chi connectivity index (χ3n) is 7.53. The lowest BCUT2D eigenvalue weighted by atomic mass is 10.1. The van der Waals surface area contributed by atoms with Crippen molar-refractivity contribution < 1.29 is 67.3 Å². The number of carbonyl (C=O) groups excluding carboxylic acids is 5. The summed E-state index contributed by atoms with van der Waals surface area (Å²) in [6.45, 7) is 12.8. The number of rotatable bonds is 24. The van der Waals surface area contributed by atoms with Gasteiger partial charge in [-0.1, -0.05) is 19.2 Å². The Labute approximate surface area is 332 Å². The van der Waals surface area contributed by atoms with Gasteiger partial charge in [0.25, 0.3) is 0 Å². The minimum Gasteiger partial charge on any atom is -0.490 e. The number of unbranched alkanes of at least 4 members (excludes halogenated alkanes) is 1. The number of esters is 5. The van der Waals surface area contributed by atoms with E-state index in [1.54, 1.807) is 54.6 Å². The predicted octanol–water partition coefficient (Wildman–Crippen LogP) is 4.60. The SMILES string of the molecule is C=CC(=O)OCCCCOCC(COc1ccc(C(=O)Oc2ccc(CCOC(=O)c3ccc(OC(C)(C)C)cc3)cc2C=[NH2+])cc1)OC(=O)CCOC(=O)C=C. The molecule has 0 radical (unpaired) electrons. The lowest BCUT2D eigenvalue weighted by Crippen LogP contribution is -2.30. The molecule has 3 aromatic rings. The molecule has 0 aliphatic rings. The van der Waals surface area contributed by atoms with Crippen LogP contribution in [0.1, 0.15) is 71.9 Å². The second-order valence-corrected chi connectivity index (χ2v) is 13.3. The van der Waals surface area contributed by atoms with Crippen LogP contribution in [-0.4, -0.2) is 87.4 Å². The molecule has 0 aliphatic heterocycles. The van der Waals surface area contributed by atoms with E-state index in [2.05, 4.69) is 13.2 Å². The fourth-order valence-corrected chi connectivity index (χ4v) is 4.78. The van der Waals surface area contributed by atoms with Crippen LogP contribution in [0.4, 0.5) is 0 Å². The molecule has 0 aromatic heterocycles. The van der Waals surface area contributed by atoms with Crippen LogP contribution in [0.2, 0.25) is 0 Å². The largest absolute Gasteiger partial charge is 0.490 e. The van der Waals surface area contributed by atoms with Crippen LogP contribution >= 0.6 is 0 Å². The summed E-state index contributed by atoms with van der Waals surface area (Å²) < 4.78 is 43.6. The molecule has 14 nitrogen and oxygen atoms in total. The van der Waals surface area contributed by atoms with Crippen molar-refractivity contribution in [3.05, 3.63) is 114 Å². The van der Waals surface area contributed by atoms with Gasteiger partial charge in [0.15, 0.2) is 12.3 Å². The molecule has 0 aliphatic carbocycles. The molecule has 0 fully saturated rings. The van der Waals surface area contributed by atoms with Crippen LogP contribution in [0.15, 0.2) is 92.0 Å². The lowest BCUT2D eigenvalue weighted by molar-refractivity contribution is -0.156. The van der Waals surface area contributed by atoms with Gasteiger partial charge in [-0.15, -0.1) is 0 Å². The van der Waals surface area contributed by atoms with Gasteiger partial charge >= 0.3 is 29.8 Å². The van der Waals surface area contributed by atoms with Gasteiger partial charge in [0.1, 0.15) is 36.1 Å². The molecular formula is C43H50NO13+. The maximum Gasteiger partial charge on any atom is 0.343 e. The molecule has 3 aromatic carbocycles. The predicted molar refractivity (Wildman–Crippen MR) is 208 cm³/mol. The smallest absolute Gasteiger partial charge is 0.343 e. The molecule has 0 bridgehead atoms. The Morgan fingerprint density at radius 3 is 1.96 bits per heavy atom. The highest BCUT2D eigenvalue weighted by Gasteiger charge is 2.18. The zero-order valence-corrected chi connectivity index (χ0v) is 32.5. The monoisotopic (exact) mass is 788 g/mol. The maximum atomic E-state index is 13.0. The van der Waals surface area contributed by atoms with Gasteiger partial charge in [-0.3, -0.25) is 10.2 Å². The van der Waals surface area contributed by atoms with Gasteiger partial charge in [0.2, 0.25) is 0 Å². The summed E-state index contributed by atoms with van der Waals surface area (Å²) in [6.07, 6.45) is 3.93. The van der Waals surface area contributed by atoms with Crippen LogP contribution in [0.5, 0.6) is 17.2 Å². The Bertz CT molecular complexity index is 1830. The Morgan fingerprint density at radius 2 is 1.33 bits per heavy atom. The zero-order valence-electron chi connectivity index (χ0n) is 32.5. The van der Waals surface area contributed by atoms with E-state index in [0.717, 1.165) is 17.7 Å². The van der Waals surface area contributed by atoms with Crippen LogP contribution in [0, 0.1) is 0 Å². The van der Waals surface area contributed by atoms with E-state index >= 15 is 0 Å². The third kappa shape index (κ3) is 17.4. The fraction of sp³-hybridized carbons (Fsp3) is 0.349. The lowest BCUT2D eigenvalue weighted by Gasteiger charge is -2.21. The normalized spacial score (nSPS) is 11.3. The molecule has 1 unspecified atom stereocenters. The first-order valence-electron chi connectivity index (χ1n) is 18.2. The summed E-state index contributed by atoms with van der Waals surface area (Å²) in [4.78, 5) is 60.4. The van der Waals surface area contributed by atoms with Crippen molar-refractivity contribution in [2.45, 2.75) is 58.2 Å². The van der Waals surface area contributed by atoms with Gasteiger partial charge in [-0.05, 0) is 99.8 Å².